The van der Waals surface area contributed by atoms with Crippen molar-refractivity contribution in [1.29, 1.82) is 0 Å². The van der Waals surface area contributed by atoms with Crippen molar-refractivity contribution in [2.24, 2.45) is 17.8 Å². The number of rotatable bonds is 4. The Labute approximate surface area is 99.0 Å². The smallest absolute Gasteiger partial charge is 0.0716 e. The van der Waals surface area contributed by atoms with Gasteiger partial charge in [-0.3, -0.25) is 0 Å². The predicted octanol–water partition coefficient (Wildman–Crippen LogP) is 0.983. The molecule has 0 bridgehead atoms. The van der Waals surface area contributed by atoms with Crippen molar-refractivity contribution >= 4 is 0 Å². The van der Waals surface area contributed by atoms with E-state index in [-0.39, 0.29) is 6.10 Å². The lowest BCUT2D eigenvalue weighted by atomic mass is 9.82. The minimum Gasteiger partial charge on any atom is -0.391 e. The lowest BCUT2D eigenvalue weighted by Crippen LogP contribution is -2.34. The molecule has 3 N–H and O–H groups in total. The van der Waals surface area contributed by atoms with Crippen LogP contribution >= 0.6 is 0 Å². The molecule has 2 rings (SSSR count). The zero-order chi connectivity index (χ0) is 11.4. The summed E-state index contributed by atoms with van der Waals surface area (Å²) in [5.41, 5.74) is 0. The second kappa shape index (κ2) is 5.99. The summed E-state index contributed by atoms with van der Waals surface area (Å²) in [4.78, 5) is 0. The van der Waals surface area contributed by atoms with E-state index in [0.717, 1.165) is 38.0 Å². The summed E-state index contributed by atoms with van der Waals surface area (Å²) in [6, 6.07) is 0. The van der Waals surface area contributed by atoms with E-state index in [1.165, 1.54) is 25.7 Å². The molecule has 2 fully saturated rings. The summed E-state index contributed by atoms with van der Waals surface area (Å²) < 4.78 is 0. The molecule has 94 valence electrons. The Morgan fingerprint density at radius 2 is 2.12 bits per heavy atom. The number of β-amino-alcohol motifs (C(OH)–C–C–N with tert-alkyl or cyclic N) is 1. The maximum Gasteiger partial charge on any atom is 0.0716 e. The van der Waals surface area contributed by atoms with Gasteiger partial charge in [0.2, 0.25) is 0 Å². The Morgan fingerprint density at radius 3 is 2.81 bits per heavy atom. The molecular formula is C13H26N2O. The van der Waals surface area contributed by atoms with Crippen LogP contribution in [-0.2, 0) is 0 Å². The average molecular weight is 226 g/mol. The van der Waals surface area contributed by atoms with Crippen LogP contribution in [0.15, 0.2) is 0 Å². The van der Waals surface area contributed by atoms with Gasteiger partial charge < -0.3 is 15.7 Å². The highest BCUT2D eigenvalue weighted by Gasteiger charge is 2.25. The first-order valence-electron chi connectivity index (χ1n) is 6.85. The van der Waals surface area contributed by atoms with Crippen LogP contribution in [0.2, 0.25) is 0 Å². The third-order valence-corrected chi connectivity index (χ3v) is 4.19. The van der Waals surface area contributed by atoms with Gasteiger partial charge in [0, 0.05) is 25.6 Å². The number of hydrogen-bond donors (Lipinski definition) is 3. The number of hydrogen-bond acceptors (Lipinski definition) is 3. The van der Waals surface area contributed by atoms with Gasteiger partial charge in [-0.1, -0.05) is 19.8 Å². The van der Waals surface area contributed by atoms with Gasteiger partial charge >= 0.3 is 0 Å². The van der Waals surface area contributed by atoms with Crippen LogP contribution in [-0.4, -0.2) is 37.4 Å². The number of aliphatic hydroxyl groups excluding tert-OH is 1. The van der Waals surface area contributed by atoms with E-state index in [1.807, 2.05) is 0 Å². The Kier molecular flexibility index (Phi) is 4.62. The molecule has 0 radical (unpaired) electrons. The Balaban J connectivity index is 1.60. The van der Waals surface area contributed by atoms with Gasteiger partial charge in [0.1, 0.15) is 0 Å². The summed E-state index contributed by atoms with van der Waals surface area (Å²) in [7, 11) is 0. The molecule has 1 saturated heterocycles. The second-order valence-corrected chi connectivity index (χ2v) is 5.78. The minimum atomic E-state index is -0.141. The molecule has 4 unspecified atom stereocenters. The zero-order valence-electron chi connectivity index (χ0n) is 10.4. The summed E-state index contributed by atoms with van der Waals surface area (Å²) in [6.07, 6.45) is 5.46. The van der Waals surface area contributed by atoms with Crippen molar-refractivity contribution in [1.82, 2.24) is 10.6 Å². The monoisotopic (exact) mass is 226 g/mol. The van der Waals surface area contributed by atoms with E-state index in [9.17, 15) is 5.11 Å². The highest BCUT2D eigenvalue weighted by Crippen LogP contribution is 2.27. The molecule has 0 aromatic rings. The summed E-state index contributed by atoms with van der Waals surface area (Å²) >= 11 is 0. The largest absolute Gasteiger partial charge is 0.391 e. The molecule has 16 heavy (non-hydrogen) atoms. The fourth-order valence-electron chi connectivity index (χ4n) is 3.15. The highest BCUT2D eigenvalue weighted by molar-refractivity contribution is 4.82. The summed E-state index contributed by atoms with van der Waals surface area (Å²) in [6.45, 7) is 6.23. The first-order chi connectivity index (χ1) is 7.75. The quantitative estimate of drug-likeness (QED) is 0.669. The fraction of sp³-hybridized carbons (Fsp3) is 1.00. The van der Waals surface area contributed by atoms with E-state index in [2.05, 4.69) is 17.6 Å². The maximum atomic E-state index is 9.67. The molecule has 3 nitrogen and oxygen atoms in total. The molecule has 1 saturated carbocycles. The summed E-state index contributed by atoms with van der Waals surface area (Å²) in [5.74, 6) is 2.20. The molecule has 0 aromatic carbocycles. The van der Waals surface area contributed by atoms with E-state index in [4.69, 9.17) is 0 Å². The average Bonchev–Trinajstić information content (AvgIpc) is 2.65. The molecular weight excluding hydrogens is 200 g/mol. The number of nitrogens with one attached hydrogen (secondary N) is 2. The molecule has 3 heteroatoms. The topological polar surface area (TPSA) is 44.3 Å². The van der Waals surface area contributed by atoms with Crippen molar-refractivity contribution < 1.29 is 5.11 Å². The van der Waals surface area contributed by atoms with Gasteiger partial charge in [-0.05, 0) is 31.2 Å². The highest BCUT2D eigenvalue weighted by atomic mass is 16.3. The Bertz CT molecular complexity index is 210. The van der Waals surface area contributed by atoms with Crippen molar-refractivity contribution in [3.05, 3.63) is 0 Å². The molecule has 1 aliphatic heterocycles. The molecule has 0 amide bonds. The van der Waals surface area contributed by atoms with E-state index in [1.54, 1.807) is 0 Å². The van der Waals surface area contributed by atoms with Crippen LogP contribution in [0.4, 0.5) is 0 Å². The second-order valence-electron chi connectivity index (χ2n) is 5.78. The fourth-order valence-corrected chi connectivity index (χ4v) is 3.15. The Hall–Kier alpha value is -0.120. The molecule has 4 atom stereocenters. The predicted molar refractivity (Wildman–Crippen MR) is 66.4 cm³/mol. The van der Waals surface area contributed by atoms with Crippen molar-refractivity contribution in [2.45, 2.75) is 38.7 Å². The van der Waals surface area contributed by atoms with Crippen LogP contribution in [0.1, 0.15) is 32.6 Å². The lowest BCUT2D eigenvalue weighted by molar-refractivity contribution is 0.144. The van der Waals surface area contributed by atoms with Crippen molar-refractivity contribution in [2.75, 3.05) is 26.2 Å². The minimum absolute atomic E-state index is 0.141. The van der Waals surface area contributed by atoms with E-state index >= 15 is 0 Å². The molecule has 0 aromatic heterocycles. The van der Waals surface area contributed by atoms with Crippen LogP contribution in [0.25, 0.3) is 0 Å². The first kappa shape index (κ1) is 12.3. The molecule has 2 aliphatic rings. The lowest BCUT2D eigenvalue weighted by Gasteiger charge is -2.27. The van der Waals surface area contributed by atoms with Crippen molar-refractivity contribution in [3.63, 3.8) is 0 Å². The van der Waals surface area contributed by atoms with E-state index in [0.29, 0.717) is 5.92 Å². The van der Waals surface area contributed by atoms with Crippen LogP contribution < -0.4 is 10.6 Å². The molecule has 0 spiro atoms. The SMILES string of the molecule is CC1CCCC(CNCC2CNCC2O)C1. The Morgan fingerprint density at radius 1 is 1.25 bits per heavy atom. The van der Waals surface area contributed by atoms with Gasteiger partial charge in [0.05, 0.1) is 6.10 Å². The third-order valence-electron chi connectivity index (χ3n) is 4.19. The van der Waals surface area contributed by atoms with Gasteiger partial charge in [0.25, 0.3) is 0 Å². The normalized spacial score (nSPS) is 40.1. The molecule has 1 heterocycles. The molecule has 1 aliphatic carbocycles. The number of aliphatic hydroxyl groups is 1. The van der Waals surface area contributed by atoms with Gasteiger partial charge in [0.15, 0.2) is 0 Å². The third kappa shape index (κ3) is 3.44. The van der Waals surface area contributed by atoms with Gasteiger partial charge in [-0.2, -0.15) is 0 Å². The van der Waals surface area contributed by atoms with Crippen LogP contribution in [0, 0.1) is 17.8 Å². The maximum absolute atomic E-state index is 9.67. The van der Waals surface area contributed by atoms with Crippen LogP contribution in [0.5, 0.6) is 0 Å². The van der Waals surface area contributed by atoms with Gasteiger partial charge in [-0.15, -0.1) is 0 Å². The van der Waals surface area contributed by atoms with Gasteiger partial charge in [-0.25, -0.2) is 0 Å². The standard InChI is InChI=1S/C13H26N2O/c1-10-3-2-4-11(5-10)6-14-7-12-8-15-9-13(12)16/h10-16H,2-9H2,1H3. The van der Waals surface area contributed by atoms with E-state index < -0.39 is 0 Å². The van der Waals surface area contributed by atoms with Crippen molar-refractivity contribution in [3.8, 4) is 0 Å². The zero-order valence-corrected chi connectivity index (χ0v) is 10.4. The summed E-state index contributed by atoms with van der Waals surface area (Å²) in [5, 5.41) is 16.4. The van der Waals surface area contributed by atoms with Crippen LogP contribution in [0.3, 0.4) is 0 Å². The first-order valence-corrected chi connectivity index (χ1v) is 6.85.